The molecule has 1 aliphatic rings. The standard InChI is InChI=1S/C19H9NO8/c1-2-8-3-4-10-11(5-8)16(22)20(15(10)21)9-6-12(17(23)24)14(19(27)28)13(7-9)18(25)26/h1,3-7H,(H,23,24)(H,25,26)(H,27,28). The summed E-state index contributed by atoms with van der Waals surface area (Å²) in [6, 6.07) is 5.60. The second-order valence-electron chi connectivity index (χ2n) is 5.68. The fraction of sp³-hybridized carbons (Fsp3) is 0. The van der Waals surface area contributed by atoms with E-state index in [2.05, 4.69) is 5.92 Å². The van der Waals surface area contributed by atoms with Crippen LogP contribution in [-0.2, 0) is 0 Å². The second-order valence-corrected chi connectivity index (χ2v) is 5.68. The molecular formula is C19H9NO8. The third-order valence-electron chi connectivity index (χ3n) is 4.11. The molecule has 1 heterocycles. The first-order chi connectivity index (χ1) is 13.2. The third-order valence-corrected chi connectivity index (χ3v) is 4.11. The summed E-state index contributed by atoms with van der Waals surface area (Å²) in [6.07, 6.45) is 5.28. The van der Waals surface area contributed by atoms with Gasteiger partial charge in [-0.3, -0.25) is 9.59 Å². The normalized spacial score (nSPS) is 12.5. The zero-order valence-corrected chi connectivity index (χ0v) is 13.8. The number of carboxylic acid groups (broad SMARTS) is 3. The third kappa shape index (κ3) is 2.65. The van der Waals surface area contributed by atoms with E-state index in [0.717, 1.165) is 12.1 Å². The van der Waals surface area contributed by atoms with Gasteiger partial charge in [0.2, 0.25) is 0 Å². The van der Waals surface area contributed by atoms with Crippen molar-refractivity contribution in [3.8, 4) is 12.3 Å². The largest absolute Gasteiger partial charge is 0.478 e. The number of fused-ring (bicyclic) bond motifs is 1. The molecule has 0 aliphatic carbocycles. The lowest BCUT2D eigenvalue weighted by Crippen LogP contribution is -2.30. The fourth-order valence-electron chi connectivity index (χ4n) is 2.89. The molecule has 3 rings (SSSR count). The summed E-state index contributed by atoms with van der Waals surface area (Å²) >= 11 is 0. The Morgan fingerprint density at radius 2 is 1.36 bits per heavy atom. The number of carboxylic acids is 3. The van der Waals surface area contributed by atoms with E-state index in [0.29, 0.717) is 10.5 Å². The van der Waals surface area contributed by atoms with E-state index >= 15 is 0 Å². The smallest absolute Gasteiger partial charge is 0.337 e. The molecule has 3 N–H and O–H groups in total. The Labute approximate surface area is 156 Å². The molecule has 2 amide bonds. The molecule has 2 aromatic carbocycles. The van der Waals surface area contributed by atoms with E-state index in [9.17, 15) is 39.3 Å². The zero-order valence-electron chi connectivity index (χ0n) is 13.8. The Morgan fingerprint density at radius 1 is 0.821 bits per heavy atom. The predicted molar refractivity (Wildman–Crippen MR) is 92.8 cm³/mol. The minimum atomic E-state index is -1.78. The highest BCUT2D eigenvalue weighted by Crippen LogP contribution is 2.32. The molecule has 2 aromatic rings. The summed E-state index contributed by atoms with van der Waals surface area (Å²) < 4.78 is 0. The summed E-state index contributed by atoms with van der Waals surface area (Å²) in [5, 5.41) is 27.8. The summed E-state index contributed by atoms with van der Waals surface area (Å²) in [4.78, 5) is 60.2. The van der Waals surface area contributed by atoms with Crippen molar-refractivity contribution in [2.75, 3.05) is 4.90 Å². The number of benzene rings is 2. The maximum Gasteiger partial charge on any atom is 0.337 e. The van der Waals surface area contributed by atoms with Gasteiger partial charge < -0.3 is 15.3 Å². The highest BCUT2D eigenvalue weighted by atomic mass is 16.4. The molecule has 0 saturated heterocycles. The first-order valence-electron chi connectivity index (χ1n) is 7.54. The van der Waals surface area contributed by atoms with E-state index in [-0.39, 0.29) is 16.8 Å². The summed E-state index contributed by atoms with van der Waals surface area (Å²) in [6.45, 7) is 0. The number of carbonyl (C=O) groups is 5. The van der Waals surface area contributed by atoms with Gasteiger partial charge in [0.25, 0.3) is 11.8 Å². The molecule has 0 bridgehead atoms. The maximum atomic E-state index is 12.7. The van der Waals surface area contributed by atoms with Crippen LogP contribution in [0.1, 0.15) is 57.4 Å². The first kappa shape index (κ1) is 18.3. The minimum absolute atomic E-state index is 0.0000566. The van der Waals surface area contributed by atoms with Crippen LogP contribution in [0.4, 0.5) is 5.69 Å². The molecule has 9 heteroatoms. The molecule has 0 radical (unpaired) electrons. The highest BCUT2D eigenvalue weighted by Gasteiger charge is 2.38. The van der Waals surface area contributed by atoms with Gasteiger partial charge in [-0.25, -0.2) is 19.3 Å². The quantitative estimate of drug-likeness (QED) is 0.535. The number of terminal acetylenes is 1. The zero-order chi connectivity index (χ0) is 20.7. The monoisotopic (exact) mass is 379 g/mol. The van der Waals surface area contributed by atoms with Gasteiger partial charge in [-0.2, -0.15) is 0 Å². The van der Waals surface area contributed by atoms with Crippen molar-refractivity contribution in [1.29, 1.82) is 0 Å². The van der Waals surface area contributed by atoms with Crippen molar-refractivity contribution in [3.63, 3.8) is 0 Å². The summed E-state index contributed by atoms with van der Waals surface area (Å²) in [5.41, 5.74) is -2.79. The minimum Gasteiger partial charge on any atom is -0.478 e. The number of imide groups is 1. The van der Waals surface area contributed by atoms with Gasteiger partial charge in [0.15, 0.2) is 0 Å². The molecule has 0 fully saturated rings. The SMILES string of the molecule is C#Cc1ccc2c(c1)C(=O)N(c1cc(C(=O)O)c(C(=O)O)c(C(=O)O)c1)C2=O. The number of nitrogens with zero attached hydrogens (tertiary/aromatic N) is 1. The molecule has 0 spiro atoms. The van der Waals surface area contributed by atoms with Gasteiger partial charge in [-0.1, -0.05) is 5.92 Å². The average Bonchev–Trinajstić information content (AvgIpc) is 2.90. The number of hydrogen-bond donors (Lipinski definition) is 3. The van der Waals surface area contributed by atoms with Crippen LogP contribution in [-0.4, -0.2) is 45.0 Å². The number of amides is 2. The number of carbonyl (C=O) groups excluding carboxylic acids is 2. The van der Waals surface area contributed by atoms with Crippen molar-refractivity contribution in [1.82, 2.24) is 0 Å². The Bertz CT molecular complexity index is 1120. The van der Waals surface area contributed by atoms with Gasteiger partial charge in [0, 0.05) is 5.56 Å². The second kappa shape index (κ2) is 6.37. The van der Waals surface area contributed by atoms with Crippen LogP contribution in [0.25, 0.3) is 0 Å². The average molecular weight is 379 g/mol. The molecule has 28 heavy (non-hydrogen) atoms. The lowest BCUT2D eigenvalue weighted by atomic mass is 9.99. The Hall–Kier alpha value is -4.45. The van der Waals surface area contributed by atoms with Crippen molar-refractivity contribution in [2.24, 2.45) is 0 Å². The number of hydrogen-bond acceptors (Lipinski definition) is 5. The molecular weight excluding hydrogens is 370 g/mol. The van der Waals surface area contributed by atoms with Crippen LogP contribution in [0.2, 0.25) is 0 Å². The maximum absolute atomic E-state index is 12.7. The Balaban J connectivity index is 2.25. The predicted octanol–water partition coefficient (Wildman–Crippen LogP) is 1.56. The number of aromatic carboxylic acids is 3. The molecule has 138 valence electrons. The topological polar surface area (TPSA) is 149 Å². The van der Waals surface area contributed by atoms with Gasteiger partial charge in [-0.15, -0.1) is 6.42 Å². The van der Waals surface area contributed by atoms with E-state index in [4.69, 9.17) is 6.42 Å². The van der Waals surface area contributed by atoms with Crippen LogP contribution in [0, 0.1) is 12.3 Å². The summed E-state index contributed by atoms with van der Waals surface area (Å²) in [7, 11) is 0. The van der Waals surface area contributed by atoms with E-state index in [1.807, 2.05) is 0 Å². The van der Waals surface area contributed by atoms with Gasteiger partial charge in [0.05, 0.1) is 33.5 Å². The van der Waals surface area contributed by atoms with Gasteiger partial charge in [-0.05, 0) is 30.3 Å². The molecule has 0 unspecified atom stereocenters. The van der Waals surface area contributed by atoms with Crippen LogP contribution in [0.15, 0.2) is 30.3 Å². The molecule has 1 aliphatic heterocycles. The van der Waals surface area contributed by atoms with Crippen molar-refractivity contribution in [2.45, 2.75) is 0 Å². The van der Waals surface area contributed by atoms with E-state index in [1.165, 1.54) is 18.2 Å². The van der Waals surface area contributed by atoms with Crippen molar-refractivity contribution < 1.29 is 39.3 Å². The lowest BCUT2D eigenvalue weighted by Gasteiger charge is -2.17. The summed E-state index contributed by atoms with van der Waals surface area (Å²) in [5.74, 6) is -4.58. The molecule has 0 saturated carbocycles. The van der Waals surface area contributed by atoms with Crippen LogP contribution in [0.5, 0.6) is 0 Å². The molecule has 9 nitrogen and oxygen atoms in total. The van der Waals surface area contributed by atoms with E-state index in [1.54, 1.807) is 0 Å². The molecule has 0 aromatic heterocycles. The van der Waals surface area contributed by atoms with Crippen molar-refractivity contribution >= 4 is 35.4 Å². The lowest BCUT2D eigenvalue weighted by molar-refractivity contribution is 0.0633. The van der Waals surface area contributed by atoms with Crippen molar-refractivity contribution in [3.05, 3.63) is 63.7 Å². The van der Waals surface area contributed by atoms with Gasteiger partial charge >= 0.3 is 17.9 Å². The van der Waals surface area contributed by atoms with Crippen LogP contribution < -0.4 is 4.90 Å². The van der Waals surface area contributed by atoms with E-state index < -0.39 is 46.4 Å². The Morgan fingerprint density at radius 3 is 1.82 bits per heavy atom. The fourth-order valence-corrected chi connectivity index (χ4v) is 2.89. The number of anilines is 1. The molecule has 0 atom stereocenters. The number of rotatable bonds is 4. The highest BCUT2D eigenvalue weighted by molar-refractivity contribution is 6.35. The van der Waals surface area contributed by atoms with Crippen LogP contribution in [0.3, 0.4) is 0 Å². The Kier molecular flexibility index (Phi) is 4.17. The van der Waals surface area contributed by atoms with Crippen LogP contribution >= 0.6 is 0 Å². The van der Waals surface area contributed by atoms with Gasteiger partial charge in [0.1, 0.15) is 0 Å². The first-order valence-corrected chi connectivity index (χ1v) is 7.54.